The molecule has 0 bridgehead atoms. The SMILES string of the molecule is COCC(N)C(=O)N(CCN(C)C)Cc1ccc(C(F)(F)F)cc1.Cl. The van der Waals surface area contributed by atoms with Crippen LogP contribution in [0.5, 0.6) is 0 Å². The number of methoxy groups -OCH3 is 1. The zero-order valence-corrected chi connectivity index (χ0v) is 15.4. The molecule has 0 radical (unpaired) electrons. The molecule has 2 N–H and O–H groups in total. The number of carbonyl (C=O) groups is 1. The molecule has 5 nitrogen and oxygen atoms in total. The largest absolute Gasteiger partial charge is 0.416 e. The van der Waals surface area contributed by atoms with Crippen LogP contribution in [0.25, 0.3) is 0 Å². The molecule has 1 rings (SSSR count). The zero-order valence-electron chi connectivity index (χ0n) is 14.5. The van der Waals surface area contributed by atoms with Gasteiger partial charge in [-0.1, -0.05) is 12.1 Å². The predicted molar refractivity (Wildman–Crippen MR) is 92.5 cm³/mol. The Bertz CT molecular complexity index is 524. The van der Waals surface area contributed by atoms with Gasteiger partial charge in [-0.15, -0.1) is 12.4 Å². The Labute approximate surface area is 152 Å². The summed E-state index contributed by atoms with van der Waals surface area (Å²) in [5.41, 5.74) is 5.69. The minimum Gasteiger partial charge on any atom is -0.383 e. The summed E-state index contributed by atoms with van der Waals surface area (Å²) in [4.78, 5) is 15.8. The van der Waals surface area contributed by atoms with E-state index in [0.29, 0.717) is 18.7 Å². The van der Waals surface area contributed by atoms with Crippen LogP contribution in [-0.4, -0.2) is 62.7 Å². The van der Waals surface area contributed by atoms with Gasteiger partial charge >= 0.3 is 6.18 Å². The third kappa shape index (κ3) is 8.04. The van der Waals surface area contributed by atoms with E-state index in [1.165, 1.54) is 24.1 Å². The molecule has 0 spiro atoms. The molecule has 0 aromatic heterocycles. The second-order valence-corrected chi connectivity index (χ2v) is 5.82. The first-order valence-electron chi connectivity index (χ1n) is 7.49. The molecule has 0 aliphatic heterocycles. The summed E-state index contributed by atoms with van der Waals surface area (Å²) in [5, 5.41) is 0. The summed E-state index contributed by atoms with van der Waals surface area (Å²) in [6.07, 6.45) is -4.38. The number of nitrogens with two attached hydrogens (primary N) is 1. The standard InChI is InChI=1S/C16H24F3N3O2.ClH/c1-21(2)8-9-22(15(23)14(20)11-24-3)10-12-4-6-13(7-5-12)16(17,18)19;/h4-7,14H,8-11,20H2,1-3H3;1H. The number of halogens is 4. The topological polar surface area (TPSA) is 58.8 Å². The number of amides is 1. The molecule has 9 heteroatoms. The molecule has 25 heavy (non-hydrogen) atoms. The van der Waals surface area contributed by atoms with Crippen molar-refractivity contribution in [2.24, 2.45) is 5.73 Å². The summed E-state index contributed by atoms with van der Waals surface area (Å²) in [6.45, 7) is 1.32. The van der Waals surface area contributed by atoms with Crippen molar-refractivity contribution < 1.29 is 22.7 Å². The quantitative estimate of drug-likeness (QED) is 0.746. The maximum atomic E-state index is 12.6. The third-order valence-corrected chi connectivity index (χ3v) is 3.45. The smallest absolute Gasteiger partial charge is 0.383 e. The normalized spacial score (nSPS) is 12.6. The molecule has 0 aliphatic carbocycles. The van der Waals surface area contributed by atoms with E-state index in [1.807, 2.05) is 19.0 Å². The molecule has 0 saturated heterocycles. The van der Waals surface area contributed by atoms with E-state index in [4.69, 9.17) is 10.5 Å². The van der Waals surface area contributed by atoms with Gasteiger partial charge in [-0.25, -0.2) is 0 Å². The number of carbonyl (C=O) groups excluding carboxylic acids is 1. The minimum absolute atomic E-state index is 0. The second kappa shape index (κ2) is 10.6. The highest BCUT2D eigenvalue weighted by Gasteiger charge is 2.30. The summed E-state index contributed by atoms with van der Waals surface area (Å²) < 4.78 is 42.7. The Hall–Kier alpha value is -1.35. The van der Waals surface area contributed by atoms with E-state index in [1.54, 1.807) is 0 Å². The van der Waals surface area contributed by atoms with E-state index in [2.05, 4.69) is 0 Å². The van der Waals surface area contributed by atoms with Crippen LogP contribution in [-0.2, 0) is 22.3 Å². The van der Waals surface area contributed by atoms with Crippen molar-refractivity contribution in [2.75, 3.05) is 40.9 Å². The number of hydrogen-bond donors (Lipinski definition) is 1. The number of rotatable bonds is 8. The molecule has 0 saturated carbocycles. The third-order valence-electron chi connectivity index (χ3n) is 3.45. The number of ether oxygens (including phenoxy) is 1. The van der Waals surface area contributed by atoms with E-state index in [9.17, 15) is 18.0 Å². The van der Waals surface area contributed by atoms with Gasteiger partial charge in [0.25, 0.3) is 0 Å². The Kier molecular flexibility index (Phi) is 10.0. The van der Waals surface area contributed by atoms with Crippen molar-refractivity contribution in [1.29, 1.82) is 0 Å². The monoisotopic (exact) mass is 383 g/mol. The fourth-order valence-corrected chi connectivity index (χ4v) is 2.09. The Balaban J connectivity index is 0.00000576. The summed E-state index contributed by atoms with van der Waals surface area (Å²) in [7, 11) is 5.19. The molecule has 1 amide bonds. The lowest BCUT2D eigenvalue weighted by atomic mass is 10.1. The molecule has 0 fully saturated rings. The number of hydrogen-bond acceptors (Lipinski definition) is 4. The molecule has 144 valence electrons. The second-order valence-electron chi connectivity index (χ2n) is 5.82. The van der Waals surface area contributed by atoms with Crippen LogP contribution in [0.2, 0.25) is 0 Å². The van der Waals surface area contributed by atoms with Gasteiger partial charge in [0.15, 0.2) is 0 Å². The molecule has 1 atom stereocenters. The lowest BCUT2D eigenvalue weighted by Crippen LogP contribution is -2.47. The molecule has 0 aliphatic rings. The Morgan fingerprint density at radius 3 is 2.20 bits per heavy atom. The van der Waals surface area contributed by atoms with Crippen LogP contribution < -0.4 is 5.73 Å². The van der Waals surface area contributed by atoms with Crippen LogP contribution in [0.3, 0.4) is 0 Å². The minimum atomic E-state index is -4.38. The summed E-state index contributed by atoms with van der Waals surface area (Å²) in [6, 6.07) is 3.98. The predicted octanol–water partition coefficient (Wildman–Crippen LogP) is 1.99. The van der Waals surface area contributed by atoms with Gasteiger partial charge in [-0.05, 0) is 31.8 Å². The number of nitrogens with zero attached hydrogens (tertiary/aromatic N) is 2. The first-order chi connectivity index (χ1) is 11.1. The van der Waals surface area contributed by atoms with E-state index >= 15 is 0 Å². The van der Waals surface area contributed by atoms with Crippen molar-refractivity contribution in [1.82, 2.24) is 9.80 Å². The molecule has 0 heterocycles. The molecule has 1 aromatic rings. The van der Waals surface area contributed by atoms with Crippen molar-refractivity contribution in [3.05, 3.63) is 35.4 Å². The van der Waals surface area contributed by atoms with Gasteiger partial charge in [0.05, 0.1) is 12.2 Å². The lowest BCUT2D eigenvalue weighted by Gasteiger charge is -2.27. The van der Waals surface area contributed by atoms with Crippen LogP contribution in [0, 0.1) is 0 Å². The number of benzene rings is 1. The van der Waals surface area contributed by atoms with E-state index < -0.39 is 17.8 Å². The highest BCUT2D eigenvalue weighted by atomic mass is 35.5. The molecule has 1 aromatic carbocycles. The Morgan fingerprint density at radius 2 is 1.76 bits per heavy atom. The fraction of sp³-hybridized carbons (Fsp3) is 0.562. The average molecular weight is 384 g/mol. The van der Waals surface area contributed by atoms with Crippen LogP contribution in [0.4, 0.5) is 13.2 Å². The first kappa shape index (κ1) is 23.6. The maximum Gasteiger partial charge on any atom is 0.416 e. The summed E-state index contributed by atoms with van der Waals surface area (Å²) >= 11 is 0. The fourth-order valence-electron chi connectivity index (χ4n) is 2.09. The highest BCUT2D eigenvalue weighted by Crippen LogP contribution is 2.29. The van der Waals surface area contributed by atoms with Gasteiger partial charge in [0, 0.05) is 26.7 Å². The van der Waals surface area contributed by atoms with E-state index in [0.717, 1.165) is 12.1 Å². The molecule has 1 unspecified atom stereocenters. The molecular weight excluding hydrogens is 359 g/mol. The lowest BCUT2D eigenvalue weighted by molar-refractivity contribution is -0.138. The Morgan fingerprint density at radius 1 is 1.20 bits per heavy atom. The number of alkyl halides is 3. The first-order valence-corrected chi connectivity index (χ1v) is 7.49. The van der Waals surface area contributed by atoms with Crippen molar-refractivity contribution >= 4 is 18.3 Å². The van der Waals surface area contributed by atoms with E-state index in [-0.39, 0.29) is 31.5 Å². The van der Waals surface area contributed by atoms with Crippen LogP contribution >= 0.6 is 12.4 Å². The van der Waals surface area contributed by atoms with Gasteiger partial charge < -0.3 is 20.3 Å². The van der Waals surface area contributed by atoms with Crippen molar-refractivity contribution in [3.63, 3.8) is 0 Å². The average Bonchev–Trinajstić information content (AvgIpc) is 2.50. The van der Waals surface area contributed by atoms with Crippen LogP contribution in [0.1, 0.15) is 11.1 Å². The molecular formula is C16H25ClF3N3O2. The summed E-state index contributed by atoms with van der Waals surface area (Å²) in [5.74, 6) is -0.293. The highest BCUT2D eigenvalue weighted by molar-refractivity contribution is 5.85. The van der Waals surface area contributed by atoms with Crippen molar-refractivity contribution in [3.8, 4) is 0 Å². The van der Waals surface area contributed by atoms with Crippen molar-refractivity contribution in [2.45, 2.75) is 18.8 Å². The van der Waals surface area contributed by atoms with Crippen LogP contribution in [0.15, 0.2) is 24.3 Å². The van der Waals surface area contributed by atoms with Gasteiger partial charge in [0.1, 0.15) is 6.04 Å². The maximum absolute atomic E-state index is 12.6. The van der Waals surface area contributed by atoms with Gasteiger partial charge in [-0.2, -0.15) is 13.2 Å². The zero-order chi connectivity index (χ0) is 18.3. The number of likely N-dealkylation sites (N-methyl/N-ethyl adjacent to an activating group) is 1. The van der Waals surface area contributed by atoms with Gasteiger partial charge in [0.2, 0.25) is 5.91 Å². The van der Waals surface area contributed by atoms with Gasteiger partial charge in [-0.3, -0.25) is 4.79 Å².